The maximum absolute atomic E-state index is 12.6. The summed E-state index contributed by atoms with van der Waals surface area (Å²) in [4.78, 5) is 25.7. The molecule has 0 saturated carbocycles. The number of aromatic nitrogens is 6. The molecule has 1 N–H and O–H groups in total. The van der Waals surface area contributed by atoms with E-state index in [2.05, 4.69) is 64.6 Å². The molecule has 10 nitrogen and oxygen atoms in total. The van der Waals surface area contributed by atoms with E-state index in [0.29, 0.717) is 11.6 Å². The van der Waals surface area contributed by atoms with Crippen LogP contribution in [0.15, 0.2) is 73.3 Å². The first-order valence-corrected chi connectivity index (χ1v) is 10.3. The third-order valence-electron chi connectivity index (χ3n) is 5.24. The molecule has 10 heteroatoms. The van der Waals surface area contributed by atoms with Crippen molar-refractivity contribution in [2.75, 3.05) is 41.3 Å². The molecule has 0 bridgehead atoms. The predicted octanol–water partition coefficient (Wildman–Crippen LogP) is 2.03. The molecule has 4 aromatic rings. The van der Waals surface area contributed by atoms with Crippen molar-refractivity contribution in [1.29, 1.82) is 0 Å². The fraction of sp³-hybridized carbons (Fsp3) is 0.182. The molecule has 3 aromatic heterocycles. The monoisotopic (exact) mass is 427 g/mol. The number of benzene rings is 1. The Morgan fingerprint density at radius 3 is 2.38 bits per heavy atom. The summed E-state index contributed by atoms with van der Waals surface area (Å²) in [6.07, 6.45) is 4.86. The lowest BCUT2D eigenvalue weighted by Gasteiger charge is -2.36. The highest BCUT2D eigenvalue weighted by molar-refractivity contribution is 6.02. The summed E-state index contributed by atoms with van der Waals surface area (Å²) in [5, 5.41) is 14.9. The van der Waals surface area contributed by atoms with E-state index in [9.17, 15) is 4.79 Å². The molecule has 160 valence electrons. The lowest BCUT2D eigenvalue weighted by Crippen LogP contribution is -2.46. The largest absolute Gasteiger partial charge is 0.368 e. The van der Waals surface area contributed by atoms with Gasteiger partial charge in [0.1, 0.15) is 18.0 Å². The van der Waals surface area contributed by atoms with Crippen molar-refractivity contribution < 1.29 is 4.79 Å². The van der Waals surface area contributed by atoms with Crippen molar-refractivity contribution in [2.24, 2.45) is 0 Å². The zero-order valence-corrected chi connectivity index (χ0v) is 17.2. The number of anilines is 3. The summed E-state index contributed by atoms with van der Waals surface area (Å²) in [6, 6.07) is 17.2. The highest BCUT2D eigenvalue weighted by atomic mass is 16.2. The first-order chi connectivity index (χ1) is 15.8. The Hall–Kier alpha value is -4.34. The van der Waals surface area contributed by atoms with E-state index in [0.717, 1.165) is 32.0 Å². The molecule has 0 spiro atoms. The van der Waals surface area contributed by atoms with Gasteiger partial charge in [0.05, 0.1) is 0 Å². The van der Waals surface area contributed by atoms with Gasteiger partial charge in [-0.3, -0.25) is 4.79 Å². The Morgan fingerprint density at radius 2 is 1.66 bits per heavy atom. The van der Waals surface area contributed by atoms with Crippen LogP contribution in [-0.4, -0.2) is 62.0 Å². The van der Waals surface area contributed by atoms with Crippen LogP contribution in [0.4, 0.5) is 17.3 Å². The quantitative estimate of drug-likeness (QED) is 0.516. The van der Waals surface area contributed by atoms with Crippen LogP contribution in [0.5, 0.6) is 0 Å². The first kappa shape index (κ1) is 19.6. The maximum atomic E-state index is 12.6. The van der Waals surface area contributed by atoms with E-state index in [-0.39, 0.29) is 11.6 Å². The van der Waals surface area contributed by atoms with Crippen LogP contribution in [0.25, 0.3) is 5.82 Å². The van der Waals surface area contributed by atoms with E-state index >= 15 is 0 Å². The molecule has 1 aliphatic rings. The van der Waals surface area contributed by atoms with Gasteiger partial charge in [0, 0.05) is 50.3 Å². The van der Waals surface area contributed by atoms with Crippen molar-refractivity contribution in [1.82, 2.24) is 29.9 Å². The molecular weight excluding hydrogens is 406 g/mol. The molecule has 0 radical (unpaired) electrons. The van der Waals surface area contributed by atoms with Crippen molar-refractivity contribution >= 4 is 23.2 Å². The van der Waals surface area contributed by atoms with Crippen LogP contribution < -0.4 is 15.1 Å². The van der Waals surface area contributed by atoms with Gasteiger partial charge in [0.2, 0.25) is 0 Å². The molecule has 0 unspecified atom stereocenters. The molecule has 0 atom stereocenters. The molecule has 1 aliphatic heterocycles. The lowest BCUT2D eigenvalue weighted by molar-refractivity contribution is 0.102. The highest BCUT2D eigenvalue weighted by Gasteiger charge is 2.19. The Bertz CT molecular complexity index is 1170. The van der Waals surface area contributed by atoms with Gasteiger partial charge >= 0.3 is 0 Å². The lowest BCUT2D eigenvalue weighted by atomic mass is 10.2. The second kappa shape index (κ2) is 8.80. The second-order valence-corrected chi connectivity index (χ2v) is 7.25. The number of rotatable bonds is 5. The van der Waals surface area contributed by atoms with Crippen molar-refractivity contribution in [2.45, 2.75) is 0 Å². The minimum absolute atomic E-state index is 0.192. The topological polar surface area (TPSA) is 105 Å². The van der Waals surface area contributed by atoms with Crippen LogP contribution in [0, 0.1) is 0 Å². The van der Waals surface area contributed by atoms with Gasteiger partial charge < -0.3 is 15.1 Å². The summed E-state index contributed by atoms with van der Waals surface area (Å²) < 4.78 is 1.57. The van der Waals surface area contributed by atoms with Gasteiger partial charge in [0.25, 0.3) is 5.91 Å². The minimum atomic E-state index is -0.386. The van der Waals surface area contributed by atoms with E-state index in [1.165, 1.54) is 12.0 Å². The van der Waals surface area contributed by atoms with Crippen molar-refractivity contribution in [3.63, 3.8) is 0 Å². The van der Waals surface area contributed by atoms with Gasteiger partial charge in [-0.15, -0.1) is 10.2 Å². The van der Waals surface area contributed by atoms with Crippen LogP contribution >= 0.6 is 0 Å². The van der Waals surface area contributed by atoms with Gasteiger partial charge in [-0.25, -0.2) is 14.6 Å². The second-order valence-electron chi connectivity index (χ2n) is 7.25. The Morgan fingerprint density at radius 1 is 0.844 bits per heavy atom. The summed E-state index contributed by atoms with van der Waals surface area (Å²) >= 11 is 0. The Balaban J connectivity index is 1.22. The van der Waals surface area contributed by atoms with Gasteiger partial charge in [-0.05, 0) is 30.3 Å². The van der Waals surface area contributed by atoms with E-state index < -0.39 is 0 Å². The average molecular weight is 427 g/mol. The standard InChI is InChI=1S/C22H21N9O/c32-22(18-7-8-20(28-27-18)31-10-4-9-25-31)26-19-15-21(24-16-23-19)30-13-11-29(12-14-30)17-5-2-1-3-6-17/h1-10,15-16H,11-14H2,(H,23,24,26,32). The molecule has 0 aliphatic carbocycles. The molecular formula is C22H21N9O. The molecule has 1 amide bonds. The fourth-order valence-electron chi connectivity index (χ4n) is 3.57. The Kier molecular flexibility index (Phi) is 5.39. The average Bonchev–Trinajstić information content (AvgIpc) is 3.40. The number of para-hydroxylation sites is 1. The van der Waals surface area contributed by atoms with Crippen LogP contribution in [-0.2, 0) is 0 Å². The van der Waals surface area contributed by atoms with Crippen LogP contribution in [0.2, 0.25) is 0 Å². The van der Waals surface area contributed by atoms with Gasteiger partial charge in [-0.1, -0.05) is 18.2 Å². The SMILES string of the molecule is O=C(Nc1cc(N2CCN(c3ccccc3)CC2)ncn1)c1ccc(-n2cccn2)nn1. The summed E-state index contributed by atoms with van der Waals surface area (Å²) in [7, 11) is 0. The molecule has 32 heavy (non-hydrogen) atoms. The maximum Gasteiger partial charge on any atom is 0.277 e. The third-order valence-corrected chi connectivity index (χ3v) is 5.24. The van der Waals surface area contributed by atoms with E-state index in [4.69, 9.17) is 0 Å². The summed E-state index contributed by atoms with van der Waals surface area (Å²) in [6.45, 7) is 3.46. The number of hydrogen-bond acceptors (Lipinski definition) is 8. The summed E-state index contributed by atoms with van der Waals surface area (Å²) in [5.41, 5.74) is 1.42. The molecule has 1 fully saturated rings. The number of carbonyl (C=O) groups is 1. The number of nitrogens with one attached hydrogen (secondary N) is 1. The smallest absolute Gasteiger partial charge is 0.277 e. The van der Waals surface area contributed by atoms with Gasteiger partial charge in [-0.2, -0.15) is 5.10 Å². The number of hydrogen-bond donors (Lipinski definition) is 1. The normalized spacial score (nSPS) is 13.8. The number of piperazine rings is 1. The highest BCUT2D eigenvalue weighted by Crippen LogP contribution is 2.20. The first-order valence-electron chi connectivity index (χ1n) is 10.3. The van der Waals surface area contributed by atoms with E-state index in [1.54, 1.807) is 41.3 Å². The molecule has 1 saturated heterocycles. The summed E-state index contributed by atoms with van der Waals surface area (Å²) in [5.74, 6) is 1.35. The molecule has 4 heterocycles. The number of amides is 1. The predicted molar refractivity (Wildman–Crippen MR) is 120 cm³/mol. The third kappa shape index (κ3) is 4.24. The minimum Gasteiger partial charge on any atom is -0.368 e. The van der Waals surface area contributed by atoms with Crippen LogP contribution in [0.1, 0.15) is 10.5 Å². The fourth-order valence-corrected chi connectivity index (χ4v) is 3.57. The van der Waals surface area contributed by atoms with Crippen molar-refractivity contribution in [3.05, 3.63) is 79.0 Å². The zero-order valence-electron chi connectivity index (χ0n) is 17.2. The van der Waals surface area contributed by atoms with Crippen LogP contribution in [0.3, 0.4) is 0 Å². The van der Waals surface area contributed by atoms with E-state index in [1.807, 2.05) is 6.07 Å². The molecule has 5 rings (SSSR count). The number of carbonyl (C=O) groups excluding carboxylic acids is 1. The van der Waals surface area contributed by atoms with Gasteiger partial charge in [0.15, 0.2) is 11.5 Å². The Labute approximate surface area is 184 Å². The number of nitrogens with zero attached hydrogens (tertiary/aromatic N) is 8. The molecule has 1 aromatic carbocycles. The van der Waals surface area contributed by atoms with Crippen molar-refractivity contribution in [3.8, 4) is 5.82 Å². The zero-order chi connectivity index (χ0) is 21.8.